The number of rotatable bonds is 8. The van der Waals surface area contributed by atoms with Crippen LogP contribution in [0.2, 0.25) is 0 Å². The van der Waals surface area contributed by atoms with Gasteiger partial charge in [0.05, 0.1) is 26.3 Å². The van der Waals surface area contributed by atoms with Gasteiger partial charge in [0.1, 0.15) is 22.7 Å². The highest BCUT2D eigenvalue weighted by Crippen LogP contribution is 2.40. The number of amides is 2. The molecule has 0 saturated heterocycles. The van der Waals surface area contributed by atoms with Crippen LogP contribution in [-0.2, 0) is 16.1 Å². The maximum Gasteiger partial charge on any atom is 0.271 e. The van der Waals surface area contributed by atoms with Gasteiger partial charge in [0.15, 0.2) is 0 Å². The number of fused-ring (bicyclic) bond motifs is 3. The molecule has 8 heteroatoms. The number of ether oxygens (including phenoxy) is 3. The summed E-state index contributed by atoms with van der Waals surface area (Å²) in [4.78, 5) is 29.4. The van der Waals surface area contributed by atoms with E-state index >= 15 is 0 Å². The summed E-state index contributed by atoms with van der Waals surface area (Å²) in [6.45, 7) is 5.37. The highest BCUT2D eigenvalue weighted by molar-refractivity contribution is 6.05. The first-order valence-corrected chi connectivity index (χ1v) is 12.2. The van der Waals surface area contributed by atoms with E-state index in [0.717, 1.165) is 30.2 Å². The van der Waals surface area contributed by atoms with E-state index in [2.05, 4.69) is 12.2 Å². The number of carbonyl (C=O) groups excluding carboxylic acids is 2. The van der Waals surface area contributed by atoms with Crippen LogP contribution in [0.3, 0.4) is 0 Å². The number of methoxy groups -OCH3 is 3. The fourth-order valence-corrected chi connectivity index (χ4v) is 5.53. The maximum absolute atomic E-state index is 13.9. The van der Waals surface area contributed by atoms with E-state index < -0.39 is 5.54 Å². The van der Waals surface area contributed by atoms with Gasteiger partial charge in [-0.25, -0.2) is 0 Å². The number of nitrogens with zero attached hydrogens (tertiary/aromatic N) is 2. The van der Waals surface area contributed by atoms with Gasteiger partial charge in [-0.2, -0.15) is 0 Å². The standard InChI is InChI=1S/C26H37N3O5/c1-17-9-6-7-10-19(17)27-25(31)26(2)16-28-20(24(30)29(26)13-8-14-32-3)15-18-21(33-4)11-12-22(34-5)23(18)28/h11-12,15,17,19H,6-10,13-14,16H2,1-5H3,(H,27,31)/t17-,19-,26+/m0/s1. The quantitative estimate of drug-likeness (QED) is 0.595. The van der Waals surface area contributed by atoms with Crippen LogP contribution >= 0.6 is 0 Å². The average molecular weight is 472 g/mol. The number of hydrogen-bond acceptors (Lipinski definition) is 5. The van der Waals surface area contributed by atoms with Crippen molar-refractivity contribution < 1.29 is 23.8 Å². The van der Waals surface area contributed by atoms with E-state index in [1.54, 1.807) is 26.2 Å². The van der Waals surface area contributed by atoms with Gasteiger partial charge in [-0.3, -0.25) is 9.59 Å². The van der Waals surface area contributed by atoms with Crippen molar-refractivity contribution in [2.24, 2.45) is 5.92 Å². The SMILES string of the molecule is COCCCN1C(=O)c2cc3c(OC)ccc(OC)c3n2C[C@]1(C)C(=O)N[C@H]1CCCC[C@@H]1C. The normalized spacial score (nSPS) is 24.7. The van der Waals surface area contributed by atoms with E-state index in [1.165, 1.54) is 6.42 Å². The first kappa shape index (κ1) is 24.4. The molecule has 1 aliphatic heterocycles. The minimum absolute atomic E-state index is 0.105. The molecule has 1 N–H and O–H groups in total. The summed E-state index contributed by atoms with van der Waals surface area (Å²) in [5.41, 5.74) is 0.257. The Labute approximate surface area is 201 Å². The van der Waals surface area contributed by atoms with Gasteiger partial charge in [0.2, 0.25) is 5.91 Å². The van der Waals surface area contributed by atoms with E-state index in [-0.39, 0.29) is 17.9 Å². The summed E-state index contributed by atoms with van der Waals surface area (Å²) in [6, 6.07) is 5.66. The van der Waals surface area contributed by atoms with Gasteiger partial charge in [0.25, 0.3) is 5.91 Å². The van der Waals surface area contributed by atoms with Crippen LogP contribution in [0.5, 0.6) is 11.5 Å². The molecule has 0 unspecified atom stereocenters. The Morgan fingerprint density at radius 3 is 2.53 bits per heavy atom. The van der Waals surface area contributed by atoms with Gasteiger partial charge in [-0.05, 0) is 50.3 Å². The molecule has 2 heterocycles. The lowest BCUT2D eigenvalue weighted by atomic mass is 9.85. The van der Waals surface area contributed by atoms with E-state index in [1.807, 2.05) is 29.7 Å². The third kappa shape index (κ3) is 4.13. The van der Waals surface area contributed by atoms with Crippen molar-refractivity contribution in [1.82, 2.24) is 14.8 Å². The lowest BCUT2D eigenvalue weighted by Crippen LogP contribution is -2.65. The summed E-state index contributed by atoms with van der Waals surface area (Å²) in [5, 5.41) is 4.11. The molecule has 1 aromatic heterocycles. The van der Waals surface area contributed by atoms with E-state index in [9.17, 15) is 9.59 Å². The molecule has 1 aliphatic carbocycles. The zero-order valence-corrected chi connectivity index (χ0v) is 21.0. The molecule has 3 atom stereocenters. The van der Waals surface area contributed by atoms with E-state index in [4.69, 9.17) is 14.2 Å². The van der Waals surface area contributed by atoms with Crippen LogP contribution in [-0.4, -0.2) is 67.3 Å². The molecule has 0 spiro atoms. The molecule has 0 radical (unpaired) electrons. The van der Waals surface area contributed by atoms with Gasteiger partial charge < -0.3 is 29.0 Å². The average Bonchev–Trinajstić information content (AvgIpc) is 3.21. The van der Waals surface area contributed by atoms with Crippen molar-refractivity contribution in [2.45, 2.75) is 64.1 Å². The van der Waals surface area contributed by atoms with Crippen molar-refractivity contribution in [1.29, 1.82) is 0 Å². The van der Waals surface area contributed by atoms with Crippen LogP contribution in [0.15, 0.2) is 18.2 Å². The molecule has 8 nitrogen and oxygen atoms in total. The molecule has 1 saturated carbocycles. The Kier molecular flexibility index (Phi) is 7.07. The zero-order valence-electron chi connectivity index (χ0n) is 21.0. The van der Waals surface area contributed by atoms with Crippen LogP contribution < -0.4 is 14.8 Å². The molecule has 1 aromatic carbocycles. The Bertz CT molecular complexity index is 1060. The van der Waals surface area contributed by atoms with Crippen molar-refractivity contribution in [3.8, 4) is 11.5 Å². The highest BCUT2D eigenvalue weighted by Gasteiger charge is 2.48. The second-order valence-electron chi connectivity index (χ2n) is 9.77. The molecular formula is C26H37N3O5. The molecule has 2 amide bonds. The van der Waals surface area contributed by atoms with Gasteiger partial charge in [0, 0.05) is 31.7 Å². The summed E-state index contributed by atoms with van der Waals surface area (Å²) in [6.07, 6.45) is 5.06. The Morgan fingerprint density at radius 1 is 1.15 bits per heavy atom. The highest BCUT2D eigenvalue weighted by atomic mass is 16.5. The predicted octanol–water partition coefficient (Wildman–Crippen LogP) is 3.60. The third-order valence-electron chi connectivity index (χ3n) is 7.59. The molecular weight excluding hydrogens is 434 g/mol. The fraction of sp³-hybridized carbons (Fsp3) is 0.615. The third-order valence-corrected chi connectivity index (χ3v) is 7.59. The number of aromatic nitrogens is 1. The second kappa shape index (κ2) is 9.86. The fourth-order valence-electron chi connectivity index (χ4n) is 5.53. The molecule has 2 aliphatic rings. The minimum Gasteiger partial charge on any atom is -0.496 e. The summed E-state index contributed by atoms with van der Waals surface area (Å²) >= 11 is 0. The van der Waals surface area contributed by atoms with Crippen LogP contribution in [0.25, 0.3) is 10.9 Å². The van der Waals surface area contributed by atoms with Crippen molar-refractivity contribution in [3.63, 3.8) is 0 Å². The summed E-state index contributed by atoms with van der Waals surface area (Å²) < 4.78 is 18.4. The molecule has 2 aromatic rings. The van der Waals surface area contributed by atoms with Gasteiger partial charge in [-0.1, -0.05) is 19.8 Å². The monoisotopic (exact) mass is 471 g/mol. The summed E-state index contributed by atoms with van der Waals surface area (Å²) in [7, 11) is 4.86. The van der Waals surface area contributed by atoms with E-state index in [0.29, 0.717) is 49.2 Å². The molecule has 186 valence electrons. The van der Waals surface area contributed by atoms with Gasteiger partial charge in [-0.15, -0.1) is 0 Å². The van der Waals surface area contributed by atoms with Crippen molar-refractivity contribution in [2.75, 3.05) is 34.5 Å². The van der Waals surface area contributed by atoms with Crippen LogP contribution in [0, 0.1) is 5.92 Å². The minimum atomic E-state index is -1.05. The van der Waals surface area contributed by atoms with Gasteiger partial charge >= 0.3 is 0 Å². The van der Waals surface area contributed by atoms with Crippen molar-refractivity contribution >= 4 is 22.7 Å². The van der Waals surface area contributed by atoms with Crippen LogP contribution in [0.1, 0.15) is 56.4 Å². The van der Waals surface area contributed by atoms with Crippen molar-refractivity contribution in [3.05, 3.63) is 23.9 Å². The number of nitrogens with one attached hydrogen (secondary N) is 1. The maximum atomic E-state index is 13.9. The Hall–Kier alpha value is -2.74. The predicted molar refractivity (Wildman–Crippen MR) is 131 cm³/mol. The molecule has 0 bridgehead atoms. The number of carbonyl (C=O) groups is 2. The summed E-state index contributed by atoms with van der Waals surface area (Å²) in [5.74, 6) is 1.46. The number of hydrogen-bond donors (Lipinski definition) is 1. The Balaban J connectivity index is 1.78. The zero-order chi connectivity index (χ0) is 24.5. The molecule has 4 rings (SSSR count). The molecule has 34 heavy (non-hydrogen) atoms. The largest absolute Gasteiger partial charge is 0.496 e. The topological polar surface area (TPSA) is 82.0 Å². The smallest absolute Gasteiger partial charge is 0.271 e. The number of benzene rings is 1. The molecule has 1 fully saturated rings. The second-order valence-corrected chi connectivity index (χ2v) is 9.77. The Morgan fingerprint density at radius 2 is 1.85 bits per heavy atom. The first-order chi connectivity index (χ1) is 16.3. The lowest BCUT2D eigenvalue weighted by molar-refractivity contribution is -0.134. The first-order valence-electron chi connectivity index (χ1n) is 12.2. The lowest BCUT2D eigenvalue weighted by Gasteiger charge is -2.45. The van der Waals surface area contributed by atoms with Crippen LogP contribution in [0.4, 0.5) is 0 Å².